The summed E-state index contributed by atoms with van der Waals surface area (Å²) in [7, 11) is 0. The maximum absolute atomic E-state index is 12.4. The van der Waals surface area contributed by atoms with E-state index in [9.17, 15) is 9.90 Å². The molecule has 4 nitrogen and oxygen atoms in total. The second kappa shape index (κ2) is 7.45. The van der Waals surface area contributed by atoms with Gasteiger partial charge in [-0.2, -0.15) is 0 Å². The molecule has 0 radical (unpaired) electrons. The number of esters is 1. The van der Waals surface area contributed by atoms with Crippen LogP contribution in [0.5, 0.6) is 0 Å². The van der Waals surface area contributed by atoms with Crippen molar-refractivity contribution in [2.75, 3.05) is 6.61 Å². The van der Waals surface area contributed by atoms with Crippen molar-refractivity contribution in [1.82, 2.24) is 4.90 Å². The number of rotatable bonds is 4. The third kappa shape index (κ3) is 3.59. The normalized spacial score (nSPS) is 31.4. The van der Waals surface area contributed by atoms with Gasteiger partial charge < -0.3 is 9.84 Å². The zero-order valence-electron chi connectivity index (χ0n) is 13.9. The number of aliphatic hydroxyl groups excluding tert-OH is 1. The van der Waals surface area contributed by atoms with Gasteiger partial charge in [0.1, 0.15) is 6.04 Å². The number of likely N-dealkylation sites (tertiary alicyclic amines) is 1. The molecule has 1 aromatic carbocycles. The highest BCUT2D eigenvalue weighted by molar-refractivity contribution is 5.76. The fraction of sp³-hybridized carbons (Fsp3) is 0.632. The largest absolute Gasteiger partial charge is 0.465 e. The van der Waals surface area contributed by atoms with Crippen LogP contribution in [-0.4, -0.2) is 40.8 Å². The molecule has 1 N–H and O–H groups in total. The highest BCUT2D eigenvalue weighted by Crippen LogP contribution is 2.40. The van der Waals surface area contributed by atoms with Crippen LogP contribution in [0.1, 0.15) is 44.6 Å². The smallest absolute Gasteiger partial charge is 0.323 e. The van der Waals surface area contributed by atoms with Gasteiger partial charge in [0, 0.05) is 18.5 Å². The van der Waals surface area contributed by atoms with E-state index in [-0.39, 0.29) is 30.1 Å². The number of carbonyl (C=O) groups is 1. The predicted molar refractivity (Wildman–Crippen MR) is 88.8 cm³/mol. The van der Waals surface area contributed by atoms with Gasteiger partial charge in [-0.1, -0.05) is 43.2 Å². The molecule has 1 saturated heterocycles. The fourth-order valence-electron chi connectivity index (χ4n) is 4.23. The van der Waals surface area contributed by atoms with Gasteiger partial charge >= 0.3 is 5.97 Å². The molecule has 1 aliphatic carbocycles. The summed E-state index contributed by atoms with van der Waals surface area (Å²) < 4.78 is 5.30. The molecule has 4 atom stereocenters. The van der Waals surface area contributed by atoms with Gasteiger partial charge in [0.25, 0.3) is 0 Å². The molecular weight excluding hydrogens is 290 g/mol. The zero-order valence-corrected chi connectivity index (χ0v) is 13.9. The molecule has 2 fully saturated rings. The summed E-state index contributed by atoms with van der Waals surface area (Å²) in [4.78, 5) is 14.7. The number of benzene rings is 1. The van der Waals surface area contributed by atoms with Gasteiger partial charge in [-0.05, 0) is 31.7 Å². The van der Waals surface area contributed by atoms with Crippen molar-refractivity contribution in [2.24, 2.45) is 5.92 Å². The van der Waals surface area contributed by atoms with E-state index in [1.165, 1.54) is 5.56 Å². The van der Waals surface area contributed by atoms with Crippen molar-refractivity contribution in [3.05, 3.63) is 35.9 Å². The summed E-state index contributed by atoms with van der Waals surface area (Å²) in [6.07, 6.45) is 4.55. The molecule has 126 valence electrons. The summed E-state index contributed by atoms with van der Waals surface area (Å²) in [6.45, 7) is 3.01. The lowest BCUT2D eigenvalue weighted by atomic mass is 9.92. The number of ether oxygens (including phenoxy) is 1. The first-order valence-corrected chi connectivity index (χ1v) is 8.85. The molecule has 1 aliphatic heterocycles. The summed E-state index contributed by atoms with van der Waals surface area (Å²) in [5.41, 5.74) is 1.21. The van der Waals surface area contributed by atoms with E-state index in [0.29, 0.717) is 6.61 Å². The van der Waals surface area contributed by atoms with E-state index < -0.39 is 0 Å². The van der Waals surface area contributed by atoms with Crippen LogP contribution >= 0.6 is 0 Å². The molecule has 0 bridgehead atoms. The summed E-state index contributed by atoms with van der Waals surface area (Å²) in [5.74, 6) is 0.0549. The van der Waals surface area contributed by atoms with Crippen LogP contribution in [0, 0.1) is 5.92 Å². The molecule has 4 heteroatoms. The van der Waals surface area contributed by atoms with Gasteiger partial charge in [-0.25, -0.2) is 0 Å². The van der Waals surface area contributed by atoms with Crippen LogP contribution < -0.4 is 0 Å². The molecule has 3 rings (SSSR count). The maximum Gasteiger partial charge on any atom is 0.323 e. The zero-order chi connectivity index (χ0) is 16.2. The molecule has 2 aliphatic rings. The third-order valence-electron chi connectivity index (χ3n) is 5.33. The first kappa shape index (κ1) is 16.5. The predicted octanol–water partition coefficient (Wildman–Crippen LogP) is 2.74. The molecule has 0 aromatic heterocycles. The van der Waals surface area contributed by atoms with Gasteiger partial charge in [-0.3, -0.25) is 9.69 Å². The molecule has 1 heterocycles. The lowest BCUT2D eigenvalue weighted by Crippen LogP contribution is -2.42. The molecule has 0 amide bonds. The standard InChI is InChI=1S/C19H27NO3/c1-2-23-19(22)17-12-15-16(10-6-7-11-18(15)21)20(17)13-14-8-4-3-5-9-14/h3-5,8-9,15-18,21H,2,6-7,10-13H2,1H3/t15-,16-,17-,18+/m1/s1. The second-order valence-corrected chi connectivity index (χ2v) is 6.74. The summed E-state index contributed by atoms with van der Waals surface area (Å²) >= 11 is 0. The Balaban J connectivity index is 1.84. The van der Waals surface area contributed by atoms with Crippen molar-refractivity contribution in [1.29, 1.82) is 0 Å². The Morgan fingerprint density at radius 2 is 2.00 bits per heavy atom. The Morgan fingerprint density at radius 1 is 1.26 bits per heavy atom. The van der Waals surface area contributed by atoms with Gasteiger partial charge in [0.15, 0.2) is 0 Å². The van der Waals surface area contributed by atoms with Crippen molar-refractivity contribution in [3.63, 3.8) is 0 Å². The Hall–Kier alpha value is -1.39. The van der Waals surface area contributed by atoms with Crippen molar-refractivity contribution in [3.8, 4) is 0 Å². The Morgan fingerprint density at radius 3 is 2.74 bits per heavy atom. The lowest BCUT2D eigenvalue weighted by molar-refractivity contribution is -0.149. The maximum atomic E-state index is 12.4. The average Bonchev–Trinajstić information content (AvgIpc) is 2.81. The van der Waals surface area contributed by atoms with Crippen LogP contribution in [0.2, 0.25) is 0 Å². The molecule has 0 unspecified atom stereocenters. The van der Waals surface area contributed by atoms with Gasteiger partial charge in [-0.15, -0.1) is 0 Å². The van der Waals surface area contributed by atoms with Crippen LogP contribution in [0.25, 0.3) is 0 Å². The number of nitrogens with zero attached hydrogens (tertiary/aromatic N) is 1. The SMILES string of the molecule is CCOC(=O)[C@H]1C[C@@H]2[C@@H](CCCC[C@@H]2O)N1Cc1ccccc1. The van der Waals surface area contributed by atoms with Gasteiger partial charge in [0.2, 0.25) is 0 Å². The van der Waals surface area contributed by atoms with Crippen molar-refractivity contribution >= 4 is 5.97 Å². The third-order valence-corrected chi connectivity index (χ3v) is 5.33. The topological polar surface area (TPSA) is 49.8 Å². The van der Waals surface area contributed by atoms with E-state index in [1.807, 2.05) is 25.1 Å². The Bertz CT molecular complexity index is 519. The van der Waals surface area contributed by atoms with E-state index >= 15 is 0 Å². The van der Waals surface area contributed by atoms with Crippen LogP contribution in [0.15, 0.2) is 30.3 Å². The highest BCUT2D eigenvalue weighted by Gasteiger charge is 2.47. The van der Waals surface area contributed by atoms with Crippen LogP contribution in [0.3, 0.4) is 0 Å². The van der Waals surface area contributed by atoms with Crippen molar-refractivity contribution < 1.29 is 14.6 Å². The van der Waals surface area contributed by atoms with E-state index in [0.717, 1.165) is 38.6 Å². The van der Waals surface area contributed by atoms with Crippen molar-refractivity contribution in [2.45, 2.75) is 63.8 Å². The monoisotopic (exact) mass is 317 g/mol. The summed E-state index contributed by atoms with van der Waals surface area (Å²) in [5, 5.41) is 10.5. The molecule has 23 heavy (non-hydrogen) atoms. The van der Waals surface area contributed by atoms with E-state index in [4.69, 9.17) is 4.74 Å². The van der Waals surface area contributed by atoms with Gasteiger partial charge in [0.05, 0.1) is 12.7 Å². The summed E-state index contributed by atoms with van der Waals surface area (Å²) in [6, 6.07) is 10.3. The Labute approximate surface area is 138 Å². The minimum Gasteiger partial charge on any atom is -0.465 e. The molecule has 0 spiro atoms. The quantitative estimate of drug-likeness (QED) is 0.868. The average molecular weight is 317 g/mol. The first-order chi connectivity index (χ1) is 11.2. The van der Waals surface area contributed by atoms with E-state index in [2.05, 4.69) is 17.0 Å². The number of hydrogen-bond acceptors (Lipinski definition) is 4. The van der Waals surface area contributed by atoms with E-state index in [1.54, 1.807) is 0 Å². The first-order valence-electron chi connectivity index (χ1n) is 8.85. The van der Waals surface area contributed by atoms with Crippen LogP contribution in [0.4, 0.5) is 0 Å². The minimum absolute atomic E-state index is 0.135. The molecule has 1 aromatic rings. The lowest BCUT2D eigenvalue weighted by Gasteiger charge is -2.30. The highest BCUT2D eigenvalue weighted by atomic mass is 16.5. The minimum atomic E-state index is -0.291. The fourth-order valence-corrected chi connectivity index (χ4v) is 4.23. The number of fused-ring (bicyclic) bond motifs is 1. The molecule has 1 saturated carbocycles. The Kier molecular flexibility index (Phi) is 5.34. The molecular formula is C19H27NO3. The number of aliphatic hydroxyl groups is 1. The van der Waals surface area contributed by atoms with Crippen LogP contribution in [-0.2, 0) is 16.1 Å². The number of hydrogen-bond donors (Lipinski definition) is 1. The second-order valence-electron chi connectivity index (χ2n) is 6.74. The number of carbonyl (C=O) groups excluding carboxylic acids is 1.